The highest BCUT2D eigenvalue weighted by Gasteiger charge is 2.34. The van der Waals surface area contributed by atoms with Gasteiger partial charge in [0.2, 0.25) is 10.0 Å². The van der Waals surface area contributed by atoms with Crippen LogP contribution in [0.25, 0.3) is 0 Å². The monoisotopic (exact) mass is 302 g/mol. The third-order valence-electron chi connectivity index (χ3n) is 3.38. The number of nitrogens with zero attached hydrogens (tertiary/aromatic N) is 1. The van der Waals surface area contributed by atoms with Gasteiger partial charge in [-0.1, -0.05) is 0 Å². The van der Waals surface area contributed by atoms with Gasteiger partial charge in [0.25, 0.3) is 0 Å². The molecule has 0 saturated carbocycles. The van der Waals surface area contributed by atoms with Crippen molar-refractivity contribution < 1.29 is 23.1 Å². The lowest BCUT2D eigenvalue weighted by Crippen LogP contribution is -2.44. The van der Waals surface area contributed by atoms with Crippen molar-refractivity contribution in [2.75, 3.05) is 19.7 Å². The molecule has 0 spiro atoms. The lowest BCUT2D eigenvalue weighted by molar-refractivity contribution is 0.0101. The topological polar surface area (TPSA) is 99.7 Å². The fraction of sp³-hybridized carbons (Fsp3) is 0.583. The first-order valence-electron chi connectivity index (χ1n) is 6.29. The van der Waals surface area contributed by atoms with Gasteiger partial charge in [-0.15, -0.1) is 0 Å². The van der Waals surface area contributed by atoms with Gasteiger partial charge in [-0.2, -0.15) is 4.31 Å². The average molecular weight is 302 g/mol. The first-order valence-corrected chi connectivity index (χ1v) is 7.73. The van der Waals surface area contributed by atoms with Crippen LogP contribution in [0.2, 0.25) is 0 Å². The number of nitrogens with one attached hydrogen (secondary N) is 1. The molecule has 7 nitrogen and oxygen atoms in total. The number of aromatic carboxylic acids is 1. The van der Waals surface area contributed by atoms with Gasteiger partial charge < -0.3 is 14.8 Å². The van der Waals surface area contributed by atoms with E-state index < -0.39 is 16.0 Å². The normalized spacial score (nSPS) is 21.1. The van der Waals surface area contributed by atoms with Gasteiger partial charge in [0.15, 0.2) is 0 Å². The second kappa shape index (κ2) is 5.19. The second-order valence-electron chi connectivity index (χ2n) is 4.93. The number of carboxylic acids is 1. The summed E-state index contributed by atoms with van der Waals surface area (Å²) < 4.78 is 32.0. The number of hydrogen-bond acceptors (Lipinski definition) is 4. The molecule has 1 aliphatic rings. The summed E-state index contributed by atoms with van der Waals surface area (Å²) in [6, 6.07) is 0. The quantitative estimate of drug-likeness (QED) is 0.858. The highest BCUT2D eigenvalue weighted by atomic mass is 32.2. The van der Waals surface area contributed by atoms with Crippen LogP contribution in [-0.4, -0.2) is 54.6 Å². The fourth-order valence-electron chi connectivity index (χ4n) is 2.47. The first kappa shape index (κ1) is 15.0. The molecule has 0 amide bonds. The zero-order chi connectivity index (χ0) is 15.1. The average Bonchev–Trinajstić information content (AvgIpc) is 2.65. The molecule has 1 saturated heterocycles. The van der Waals surface area contributed by atoms with Crippen LogP contribution in [0.15, 0.2) is 4.90 Å². The maximum atomic E-state index is 12.7. The van der Waals surface area contributed by atoms with E-state index in [1.165, 1.54) is 11.2 Å². The number of sulfonamides is 1. The van der Waals surface area contributed by atoms with Crippen molar-refractivity contribution in [2.45, 2.75) is 31.8 Å². The number of ether oxygens (including phenoxy) is 1. The Hall–Kier alpha value is -1.38. The summed E-state index contributed by atoms with van der Waals surface area (Å²) in [4.78, 5) is 13.8. The van der Waals surface area contributed by atoms with Crippen LogP contribution >= 0.6 is 0 Å². The molecule has 1 fully saturated rings. The van der Waals surface area contributed by atoms with Crippen molar-refractivity contribution >= 4 is 16.0 Å². The Morgan fingerprint density at radius 1 is 1.45 bits per heavy atom. The molecule has 2 heterocycles. The maximum absolute atomic E-state index is 12.7. The van der Waals surface area contributed by atoms with Gasteiger partial charge in [-0.25, -0.2) is 13.2 Å². The minimum Gasteiger partial charge on any atom is -0.477 e. The van der Waals surface area contributed by atoms with E-state index in [9.17, 15) is 13.2 Å². The third-order valence-corrected chi connectivity index (χ3v) is 5.52. The Bertz CT molecular complexity index is 635. The van der Waals surface area contributed by atoms with Crippen molar-refractivity contribution in [3.63, 3.8) is 0 Å². The number of morpholine rings is 1. The van der Waals surface area contributed by atoms with Gasteiger partial charge in [-0.05, 0) is 20.8 Å². The Kier molecular flexibility index (Phi) is 3.90. The predicted octanol–water partition coefficient (Wildman–Crippen LogP) is 0.739. The van der Waals surface area contributed by atoms with Crippen molar-refractivity contribution in [2.24, 2.45) is 0 Å². The second-order valence-corrected chi connectivity index (χ2v) is 6.80. The Balaban J connectivity index is 2.47. The van der Waals surface area contributed by atoms with E-state index >= 15 is 0 Å². The van der Waals surface area contributed by atoms with E-state index in [1.807, 2.05) is 0 Å². The Morgan fingerprint density at radius 3 is 2.60 bits per heavy atom. The number of carbonyl (C=O) groups is 1. The van der Waals surface area contributed by atoms with E-state index in [0.29, 0.717) is 12.3 Å². The zero-order valence-corrected chi connectivity index (χ0v) is 12.5. The van der Waals surface area contributed by atoms with E-state index in [-0.39, 0.29) is 35.3 Å². The fourth-order valence-corrected chi connectivity index (χ4v) is 4.37. The minimum atomic E-state index is -3.71. The Morgan fingerprint density at radius 2 is 2.10 bits per heavy atom. The van der Waals surface area contributed by atoms with Crippen molar-refractivity contribution in [3.05, 3.63) is 17.0 Å². The summed E-state index contributed by atoms with van der Waals surface area (Å²) in [5.74, 6) is -1.16. The molecule has 0 radical (unpaired) electrons. The van der Waals surface area contributed by atoms with Crippen LogP contribution < -0.4 is 0 Å². The molecule has 1 atom stereocenters. The molecular weight excluding hydrogens is 284 g/mol. The van der Waals surface area contributed by atoms with Crippen LogP contribution in [-0.2, 0) is 14.8 Å². The highest BCUT2D eigenvalue weighted by molar-refractivity contribution is 7.89. The molecule has 0 aromatic carbocycles. The SMILES string of the molecule is Cc1[nH]c(C(=O)O)c(C)c1S(=O)(=O)N1CCOC(C)C1. The summed E-state index contributed by atoms with van der Waals surface area (Å²) in [5, 5.41) is 9.06. The summed E-state index contributed by atoms with van der Waals surface area (Å²) in [7, 11) is -3.71. The molecule has 20 heavy (non-hydrogen) atoms. The lowest BCUT2D eigenvalue weighted by Gasteiger charge is -2.30. The highest BCUT2D eigenvalue weighted by Crippen LogP contribution is 2.27. The molecule has 2 rings (SSSR count). The molecule has 1 aromatic heterocycles. The molecule has 0 bridgehead atoms. The molecule has 1 unspecified atom stereocenters. The maximum Gasteiger partial charge on any atom is 0.352 e. The van der Waals surface area contributed by atoms with Gasteiger partial charge >= 0.3 is 5.97 Å². The van der Waals surface area contributed by atoms with Gasteiger partial charge in [0.05, 0.1) is 12.7 Å². The van der Waals surface area contributed by atoms with Crippen LogP contribution in [0.5, 0.6) is 0 Å². The molecule has 112 valence electrons. The number of carboxylic acid groups (broad SMARTS) is 1. The van der Waals surface area contributed by atoms with Gasteiger partial charge in [-0.3, -0.25) is 0 Å². The largest absolute Gasteiger partial charge is 0.477 e. The third kappa shape index (κ3) is 2.46. The van der Waals surface area contributed by atoms with Crippen molar-refractivity contribution in [1.29, 1.82) is 0 Å². The van der Waals surface area contributed by atoms with E-state index in [2.05, 4.69) is 4.98 Å². The molecule has 1 aromatic rings. The molecular formula is C12H18N2O5S. The first-order chi connectivity index (χ1) is 9.25. The van der Waals surface area contributed by atoms with Gasteiger partial charge in [0.1, 0.15) is 10.6 Å². The molecule has 1 aliphatic heterocycles. The summed E-state index contributed by atoms with van der Waals surface area (Å²) in [5.41, 5.74) is 0.510. The van der Waals surface area contributed by atoms with Crippen LogP contribution in [0, 0.1) is 13.8 Å². The van der Waals surface area contributed by atoms with Crippen LogP contribution in [0.4, 0.5) is 0 Å². The van der Waals surface area contributed by atoms with Gasteiger partial charge in [0, 0.05) is 24.3 Å². The molecule has 2 N–H and O–H groups in total. The van der Waals surface area contributed by atoms with Crippen LogP contribution in [0.1, 0.15) is 28.7 Å². The van der Waals surface area contributed by atoms with Crippen LogP contribution in [0.3, 0.4) is 0 Å². The minimum absolute atomic E-state index is 0.0593. The number of aromatic amines is 1. The van der Waals surface area contributed by atoms with E-state index in [0.717, 1.165) is 0 Å². The number of aromatic nitrogens is 1. The lowest BCUT2D eigenvalue weighted by atomic mass is 10.2. The number of H-pyrrole nitrogens is 1. The van der Waals surface area contributed by atoms with E-state index in [4.69, 9.17) is 9.84 Å². The van der Waals surface area contributed by atoms with E-state index in [1.54, 1.807) is 13.8 Å². The number of aryl methyl sites for hydroxylation is 1. The standard InChI is InChI=1S/C12H18N2O5S/c1-7-6-14(4-5-19-7)20(17,18)11-8(2)10(12(15)16)13-9(11)3/h7,13H,4-6H2,1-3H3,(H,15,16). The summed E-state index contributed by atoms with van der Waals surface area (Å²) in [6.45, 7) is 5.77. The van der Waals surface area contributed by atoms with Crippen molar-refractivity contribution in [1.82, 2.24) is 9.29 Å². The summed E-state index contributed by atoms with van der Waals surface area (Å²) in [6.07, 6.45) is -0.169. The smallest absolute Gasteiger partial charge is 0.352 e. The zero-order valence-electron chi connectivity index (χ0n) is 11.6. The summed E-state index contributed by atoms with van der Waals surface area (Å²) >= 11 is 0. The number of rotatable bonds is 3. The Labute approximate surface area is 117 Å². The van der Waals surface area contributed by atoms with Crippen molar-refractivity contribution in [3.8, 4) is 0 Å². The number of hydrogen-bond donors (Lipinski definition) is 2. The molecule has 8 heteroatoms. The predicted molar refractivity (Wildman–Crippen MR) is 71.4 cm³/mol. The molecule has 0 aliphatic carbocycles.